The van der Waals surface area contributed by atoms with Crippen LogP contribution >= 0.6 is 12.6 Å². The molecule has 2 unspecified atom stereocenters. The summed E-state index contributed by atoms with van der Waals surface area (Å²) in [6.45, 7) is 4.89. The fourth-order valence-electron chi connectivity index (χ4n) is 7.47. The molecule has 1 aliphatic heterocycles. The maximum absolute atomic E-state index is 12.6. The molecule has 0 aromatic heterocycles. The number of thiol groups is 1. The minimum Gasteiger partial charge on any atom is -0.342 e. The highest BCUT2D eigenvalue weighted by atomic mass is 32.1. The summed E-state index contributed by atoms with van der Waals surface area (Å²) in [5, 5.41) is -0.241. The number of hydrogen-bond donors (Lipinski definition) is 1. The van der Waals surface area contributed by atoms with Gasteiger partial charge in [-0.15, -0.1) is 12.6 Å². The number of carbonyl (C=O) groups is 2. The summed E-state index contributed by atoms with van der Waals surface area (Å²) in [7, 11) is 1.91. The highest BCUT2D eigenvalue weighted by Crippen LogP contribution is 2.65. The van der Waals surface area contributed by atoms with Gasteiger partial charge in [-0.05, 0) is 73.5 Å². The summed E-state index contributed by atoms with van der Waals surface area (Å²) >= 11 is 4.04. The van der Waals surface area contributed by atoms with Crippen LogP contribution in [0, 0.1) is 34.5 Å². The maximum Gasteiger partial charge on any atom is 0.234 e. The number of rotatable bonds is 1. The molecule has 24 heavy (non-hydrogen) atoms. The van der Waals surface area contributed by atoms with Crippen LogP contribution in [0.25, 0.3) is 0 Å². The van der Waals surface area contributed by atoms with E-state index in [1.807, 2.05) is 11.9 Å². The monoisotopic (exact) mass is 349 g/mol. The standard InChI is InChI=1S/C20H31NO2S/c1-19-9-4-5-14(19)12-6-7-16-20(2,15(12)8-10-19)11-13(18(23)24)17(22)21(16)3/h12-16H,4-11H2,1-3H3,(H,23,24)/t12-,13?,14-,15+,16?,19-,20+/m0/s1. The molecule has 4 aliphatic rings. The molecule has 0 bridgehead atoms. The second kappa shape index (κ2) is 5.49. The molecule has 1 heterocycles. The minimum absolute atomic E-state index is 0.00237. The Labute approximate surface area is 151 Å². The Kier molecular flexibility index (Phi) is 3.87. The van der Waals surface area contributed by atoms with Crippen molar-refractivity contribution in [1.29, 1.82) is 0 Å². The average molecular weight is 350 g/mol. The van der Waals surface area contributed by atoms with Crippen LogP contribution < -0.4 is 0 Å². The van der Waals surface area contributed by atoms with E-state index in [0.29, 0.717) is 23.8 Å². The van der Waals surface area contributed by atoms with Gasteiger partial charge in [0.25, 0.3) is 0 Å². The Hall–Kier alpha value is -0.510. The van der Waals surface area contributed by atoms with E-state index in [-0.39, 0.29) is 16.4 Å². The maximum atomic E-state index is 12.6. The molecule has 4 fully saturated rings. The van der Waals surface area contributed by atoms with E-state index in [1.165, 1.54) is 38.5 Å². The number of carbonyl (C=O) groups excluding carboxylic acids is 2. The first kappa shape index (κ1) is 16.9. The third-order valence-corrected chi connectivity index (χ3v) is 8.97. The topological polar surface area (TPSA) is 37.4 Å². The van der Waals surface area contributed by atoms with Gasteiger partial charge < -0.3 is 4.90 Å². The molecule has 1 amide bonds. The lowest BCUT2D eigenvalue weighted by Gasteiger charge is -2.62. The highest BCUT2D eigenvalue weighted by molar-refractivity contribution is 7.96. The van der Waals surface area contributed by atoms with Crippen molar-refractivity contribution in [3.05, 3.63) is 0 Å². The number of hydrogen-bond acceptors (Lipinski definition) is 2. The van der Waals surface area contributed by atoms with Crippen LogP contribution in [0.3, 0.4) is 0 Å². The van der Waals surface area contributed by atoms with Crippen LogP contribution in [0.5, 0.6) is 0 Å². The molecule has 3 nitrogen and oxygen atoms in total. The molecule has 4 rings (SSSR count). The Morgan fingerprint density at radius 3 is 2.58 bits per heavy atom. The Bertz CT molecular complexity index is 578. The van der Waals surface area contributed by atoms with Crippen molar-refractivity contribution in [2.24, 2.45) is 34.5 Å². The van der Waals surface area contributed by atoms with Crippen molar-refractivity contribution in [1.82, 2.24) is 4.90 Å². The summed E-state index contributed by atoms with van der Waals surface area (Å²) in [5.41, 5.74) is 0.637. The van der Waals surface area contributed by atoms with Crippen molar-refractivity contribution in [2.45, 2.75) is 71.3 Å². The molecule has 0 radical (unpaired) electrons. The molecular weight excluding hydrogens is 318 g/mol. The normalized spacial score (nSPS) is 50.9. The van der Waals surface area contributed by atoms with Crippen molar-refractivity contribution < 1.29 is 9.59 Å². The van der Waals surface area contributed by atoms with Gasteiger partial charge in [0.1, 0.15) is 5.92 Å². The zero-order chi connectivity index (χ0) is 17.3. The fourth-order valence-corrected chi connectivity index (χ4v) is 7.67. The molecule has 0 N–H and O–H groups in total. The van der Waals surface area contributed by atoms with E-state index >= 15 is 0 Å². The first-order valence-corrected chi connectivity index (χ1v) is 10.2. The van der Waals surface area contributed by atoms with E-state index in [0.717, 1.165) is 18.3 Å². The van der Waals surface area contributed by atoms with Crippen LogP contribution in [-0.2, 0) is 9.59 Å². The predicted octanol–water partition coefficient (Wildman–Crippen LogP) is 3.92. The van der Waals surface area contributed by atoms with Gasteiger partial charge in [-0.2, -0.15) is 0 Å². The highest BCUT2D eigenvalue weighted by Gasteiger charge is 2.61. The molecule has 0 spiro atoms. The number of amides is 1. The molecule has 3 saturated carbocycles. The molecule has 0 aromatic rings. The molecule has 0 aromatic carbocycles. The lowest BCUT2D eigenvalue weighted by molar-refractivity contribution is -0.166. The Morgan fingerprint density at radius 2 is 1.88 bits per heavy atom. The molecule has 134 valence electrons. The van der Waals surface area contributed by atoms with E-state index in [9.17, 15) is 9.59 Å². The van der Waals surface area contributed by atoms with Crippen LogP contribution in [0.15, 0.2) is 0 Å². The average Bonchev–Trinajstić information content (AvgIpc) is 2.92. The lowest BCUT2D eigenvalue weighted by atomic mass is 9.47. The first-order valence-electron chi connectivity index (χ1n) is 9.77. The quantitative estimate of drug-likeness (QED) is 0.575. The molecule has 1 saturated heterocycles. The van der Waals surface area contributed by atoms with Crippen molar-refractivity contribution in [2.75, 3.05) is 7.05 Å². The smallest absolute Gasteiger partial charge is 0.234 e. The summed E-state index contributed by atoms with van der Waals surface area (Å²) in [6, 6.07) is 0.306. The van der Waals surface area contributed by atoms with Gasteiger partial charge in [0, 0.05) is 13.1 Å². The Balaban J connectivity index is 1.68. The second-order valence-corrected chi connectivity index (χ2v) is 10.0. The van der Waals surface area contributed by atoms with Gasteiger partial charge in [0.15, 0.2) is 5.12 Å². The van der Waals surface area contributed by atoms with Crippen molar-refractivity contribution >= 4 is 23.7 Å². The summed E-state index contributed by atoms with van der Waals surface area (Å²) in [4.78, 5) is 26.5. The van der Waals surface area contributed by atoms with E-state index < -0.39 is 5.92 Å². The first-order chi connectivity index (χ1) is 11.3. The van der Waals surface area contributed by atoms with E-state index in [1.54, 1.807) is 0 Å². The van der Waals surface area contributed by atoms with Gasteiger partial charge in [0.2, 0.25) is 5.91 Å². The van der Waals surface area contributed by atoms with Crippen molar-refractivity contribution in [3.63, 3.8) is 0 Å². The van der Waals surface area contributed by atoms with Crippen LogP contribution in [0.2, 0.25) is 0 Å². The SMILES string of the molecule is CN1C(=O)C(C(=O)S)C[C@@]2(C)C1CC[C@@H]1[C@H]2CC[C@]2(C)CCC[C@@H]12. The number of likely N-dealkylation sites (tertiary alicyclic amines) is 1. The third kappa shape index (κ3) is 2.17. The summed E-state index contributed by atoms with van der Waals surface area (Å²) < 4.78 is 0. The van der Waals surface area contributed by atoms with Crippen LogP contribution in [-0.4, -0.2) is 29.0 Å². The van der Waals surface area contributed by atoms with Crippen LogP contribution in [0.4, 0.5) is 0 Å². The summed E-state index contributed by atoms with van der Waals surface area (Å²) in [5.74, 6) is 1.79. The number of fused-ring (bicyclic) bond motifs is 5. The van der Waals surface area contributed by atoms with Crippen molar-refractivity contribution in [3.8, 4) is 0 Å². The van der Waals surface area contributed by atoms with Gasteiger partial charge in [-0.25, -0.2) is 0 Å². The van der Waals surface area contributed by atoms with E-state index in [4.69, 9.17) is 0 Å². The second-order valence-electron chi connectivity index (χ2n) is 9.60. The van der Waals surface area contributed by atoms with Gasteiger partial charge in [0.05, 0.1) is 0 Å². The van der Waals surface area contributed by atoms with Crippen LogP contribution in [0.1, 0.15) is 65.2 Å². The lowest BCUT2D eigenvalue weighted by Crippen LogP contribution is -2.63. The number of piperidine rings is 1. The van der Waals surface area contributed by atoms with Gasteiger partial charge in [-0.3, -0.25) is 9.59 Å². The predicted molar refractivity (Wildman–Crippen MR) is 97.7 cm³/mol. The summed E-state index contributed by atoms with van der Waals surface area (Å²) in [6.07, 6.45) is 9.88. The van der Waals surface area contributed by atoms with Gasteiger partial charge >= 0.3 is 0 Å². The molecular formula is C20H31NO2S. The third-order valence-electron chi connectivity index (χ3n) is 8.66. The van der Waals surface area contributed by atoms with E-state index in [2.05, 4.69) is 26.5 Å². The molecule has 7 atom stereocenters. The number of nitrogens with zero attached hydrogens (tertiary/aromatic N) is 1. The zero-order valence-electron chi connectivity index (χ0n) is 15.3. The largest absolute Gasteiger partial charge is 0.342 e. The molecule has 3 aliphatic carbocycles. The minimum atomic E-state index is -0.532. The zero-order valence-corrected chi connectivity index (χ0v) is 16.1. The Morgan fingerprint density at radius 1 is 1.12 bits per heavy atom. The van der Waals surface area contributed by atoms with Gasteiger partial charge in [-0.1, -0.05) is 20.3 Å². The fraction of sp³-hybridized carbons (Fsp3) is 0.900. The molecule has 4 heteroatoms.